The van der Waals surface area contributed by atoms with Crippen molar-refractivity contribution < 1.29 is 15.0 Å². The standard InChI is InChI=1S/C18H21NO3/c1-14-2-4-15(5-3-14)12-19(10-11-20)13-16-6-8-17(9-7-16)18(21)22/h2-9,20H,10-13H2,1H3,(H,21,22). The molecule has 0 amide bonds. The Labute approximate surface area is 130 Å². The van der Waals surface area contributed by atoms with Gasteiger partial charge in [0.1, 0.15) is 0 Å². The third kappa shape index (κ3) is 4.69. The summed E-state index contributed by atoms with van der Waals surface area (Å²) in [5.74, 6) is -0.918. The molecule has 0 aromatic heterocycles. The topological polar surface area (TPSA) is 60.8 Å². The Hall–Kier alpha value is -2.17. The SMILES string of the molecule is Cc1ccc(CN(CCO)Cc2ccc(C(=O)O)cc2)cc1. The molecule has 2 aromatic rings. The van der Waals surface area contributed by atoms with E-state index in [0.717, 1.165) is 12.1 Å². The Balaban J connectivity index is 2.04. The van der Waals surface area contributed by atoms with E-state index in [0.29, 0.717) is 13.1 Å². The first-order chi connectivity index (χ1) is 10.6. The number of aliphatic hydroxyl groups excluding tert-OH is 1. The van der Waals surface area contributed by atoms with Gasteiger partial charge in [0.2, 0.25) is 0 Å². The number of carboxylic acid groups (broad SMARTS) is 1. The van der Waals surface area contributed by atoms with Crippen molar-refractivity contribution in [1.82, 2.24) is 4.90 Å². The van der Waals surface area contributed by atoms with Gasteiger partial charge in [0.05, 0.1) is 12.2 Å². The van der Waals surface area contributed by atoms with Crippen LogP contribution in [0.2, 0.25) is 0 Å². The third-order valence-corrected chi connectivity index (χ3v) is 3.55. The summed E-state index contributed by atoms with van der Waals surface area (Å²) in [6.07, 6.45) is 0. The first-order valence-corrected chi connectivity index (χ1v) is 7.29. The van der Waals surface area contributed by atoms with Crippen molar-refractivity contribution >= 4 is 5.97 Å². The van der Waals surface area contributed by atoms with Crippen LogP contribution in [0.1, 0.15) is 27.0 Å². The van der Waals surface area contributed by atoms with Crippen molar-refractivity contribution in [2.45, 2.75) is 20.0 Å². The van der Waals surface area contributed by atoms with E-state index in [4.69, 9.17) is 5.11 Å². The molecule has 0 fully saturated rings. The highest BCUT2D eigenvalue weighted by atomic mass is 16.4. The van der Waals surface area contributed by atoms with Crippen molar-refractivity contribution in [3.05, 3.63) is 70.8 Å². The number of aromatic carboxylic acids is 1. The molecule has 0 aliphatic carbocycles. The van der Waals surface area contributed by atoms with E-state index in [2.05, 4.69) is 36.1 Å². The molecule has 22 heavy (non-hydrogen) atoms. The smallest absolute Gasteiger partial charge is 0.335 e. The predicted molar refractivity (Wildman–Crippen MR) is 85.8 cm³/mol. The number of carboxylic acids is 1. The monoisotopic (exact) mass is 299 g/mol. The van der Waals surface area contributed by atoms with Crippen LogP contribution in [0, 0.1) is 6.92 Å². The molecule has 0 aliphatic heterocycles. The summed E-state index contributed by atoms with van der Waals surface area (Å²) < 4.78 is 0. The van der Waals surface area contributed by atoms with Crippen LogP contribution in [0.4, 0.5) is 0 Å². The van der Waals surface area contributed by atoms with Crippen LogP contribution >= 0.6 is 0 Å². The fraction of sp³-hybridized carbons (Fsp3) is 0.278. The Bertz CT molecular complexity index is 605. The summed E-state index contributed by atoms with van der Waals surface area (Å²) in [6.45, 7) is 4.16. The highest BCUT2D eigenvalue weighted by molar-refractivity contribution is 5.87. The molecule has 0 saturated carbocycles. The van der Waals surface area contributed by atoms with E-state index in [1.54, 1.807) is 12.1 Å². The molecule has 116 valence electrons. The molecule has 2 rings (SSSR count). The molecule has 0 spiro atoms. The van der Waals surface area contributed by atoms with Crippen LogP contribution in [0.5, 0.6) is 0 Å². The van der Waals surface area contributed by atoms with Crippen molar-refractivity contribution in [2.75, 3.05) is 13.2 Å². The first kappa shape index (κ1) is 16.2. The van der Waals surface area contributed by atoms with E-state index in [9.17, 15) is 9.90 Å². The molecule has 0 heterocycles. The Kier molecular flexibility index (Phi) is 5.69. The molecular weight excluding hydrogens is 278 g/mol. The Morgan fingerprint density at radius 2 is 1.45 bits per heavy atom. The third-order valence-electron chi connectivity index (χ3n) is 3.55. The summed E-state index contributed by atoms with van der Waals surface area (Å²) in [4.78, 5) is 13.0. The maximum atomic E-state index is 10.9. The van der Waals surface area contributed by atoms with Gasteiger partial charge >= 0.3 is 5.97 Å². The van der Waals surface area contributed by atoms with Crippen molar-refractivity contribution in [3.8, 4) is 0 Å². The number of hydrogen-bond acceptors (Lipinski definition) is 3. The number of nitrogens with zero attached hydrogens (tertiary/aromatic N) is 1. The fourth-order valence-corrected chi connectivity index (χ4v) is 2.32. The molecular formula is C18H21NO3. The second kappa shape index (κ2) is 7.73. The van der Waals surface area contributed by atoms with Crippen molar-refractivity contribution in [1.29, 1.82) is 0 Å². The van der Waals surface area contributed by atoms with Crippen LogP contribution in [-0.4, -0.2) is 34.2 Å². The minimum atomic E-state index is -0.918. The number of aryl methyl sites for hydroxylation is 1. The summed E-state index contributed by atoms with van der Waals surface area (Å²) in [5, 5.41) is 18.1. The van der Waals surface area contributed by atoms with Gasteiger partial charge in [-0.25, -0.2) is 4.79 Å². The van der Waals surface area contributed by atoms with E-state index >= 15 is 0 Å². The van der Waals surface area contributed by atoms with E-state index in [1.165, 1.54) is 11.1 Å². The molecule has 0 saturated heterocycles. The van der Waals surface area contributed by atoms with Gasteiger partial charge in [0.15, 0.2) is 0 Å². The minimum absolute atomic E-state index is 0.0963. The van der Waals surface area contributed by atoms with Gasteiger partial charge in [-0.3, -0.25) is 4.90 Å². The molecule has 2 aromatic carbocycles. The summed E-state index contributed by atoms with van der Waals surface area (Å²) in [7, 11) is 0. The fourth-order valence-electron chi connectivity index (χ4n) is 2.32. The quantitative estimate of drug-likeness (QED) is 0.825. The zero-order valence-corrected chi connectivity index (χ0v) is 12.7. The van der Waals surface area contributed by atoms with Gasteiger partial charge in [0, 0.05) is 19.6 Å². The number of hydrogen-bond donors (Lipinski definition) is 2. The second-order valence-corrected chi connectivity index (χ2v) is 5.42. The largest absolute Gasteiger partial charge is 0.478 e. The zero-order chi connectivity index (χ0) is 15.9. The molecule has 0 aliphatic rings. The molecule has 0 unspecified atom stereocenters. The first-order valence-electron chi connectivity index (χ1n) is 7.29. The van der Waals surface area contributed by atoms with Gasteiger partial charge in [0.25, 0.3) is 0 Å². The molecule has 2 N–H and O–H groups in total. The lowest BCUT2D eigenvalue weighted by atomic mass is 10.1. The Morgan fingerprint density at radius 1 is 0.955 bits per heavy atom. The molecule has 0 radical (unpaired) electrons. The van der Waals surface area contributed by atoms with Gasteiger partial charge in [-0.1, -0.05) is 42.0 Å². The summed E-state index contributed by atoms with van der Waals surface area (Å²) in [6, 6.07) is 15.2. The summed E-state index contributed by atoms with van der Waals surface area (Å²) in [5.41, 5.74) is 3.74. The molecule has 0 bridgehead atoms. The van der Waals surface area contributed by atoms with Crippen LogP contribution in [0.25, 0.3) is 0 Å². The van der Waals surface area contributed by atoms with Crippen LogP contribution in [-0.2, 0) is 13.1 Å². The highest BCUT2D eigenvalue weighted by Gasteiger charge is 2.08. The van der Waals surface area contributed by atoms with Crippen LogP contribution in [0.15, 0.2) is 48.5 Å². The summed E-state index contributed by atoms with van der Waals surface area (Å²) >= 11 is 0. The maximum absolute atomic E-state index is 10.9. The maximum Gasteiger partial charge on any atom is 0.335 e. The minimum Gasteiger partial charge on any atom is -0.478 e. The lowest BCUT2D eigenvalue weighted by Gasteiger charge is -2.21. The van der Waals surface area contributed by atoms with E-state index in [1.807, 2.05) is 12.1 Å². The molecule has 0 atom stereocenters. The van der Waals surface area contributed by atoms with Gasteiger partial charge in [-0.05, 0) is 30.2 Å². The van der Waals surface area contributed by atoms with Gasteiger partial charge in [-0.2, -0.15) is 0 Å². The van der Waals surface area contributed by atoms with E-state index in [-0.39, 0.29) is 12.2 Å². The van der Waals surface area contributed by atoms with Gasteiger partial charge in [-0.15, -0.1) is 0 Å². The number of benzene rings is 2. The van der Waals surface area contributed by atoms with Crippen LogP contribution in [0.3, 0.4) is 0 Å². The van der Waals surface area contributed by atoms with E-state index < -0.39 is 5.97 Å². The second-order valence-electron chi connectivity index (χ2n) is 5.42. The lowest BCUT2D eigenvalue weighted by Crippen LogP contribution is -2.26. The average Bonchev–Trinajstić information content (AvgIpc) is 2.50. The van der Waals surface area contributed by atoms with Crippen molar-refractivity contribution in [2.24, 2.45) is 0 Å². The Morgan fingerprint density at radius 3 is 1.91 bits per heavy atom. The number of aliphatic hydroxyl groups is 1. The molecule has 4 nitrogen and oxygen atoms in total. The predicted octanol–water partition coefficient (Wildman–Crippen LogP) is 2.69. The zero-order valence-electron chi connectivity index (χ0n) is 12.7. The van der Waals surface area contributed by atoms with Crippen LogP contribution < -0.4 is 0 Å². The lowest BCUT2D eigenvalue weighted by molar-refractivity contribution is 0.0697. The van der Waals surface area contributed by atoms with Gasteiger partial charge < -0.3 is 10.2 Å². The number of carbonyl (C=O) groups is 1. The molecule has 4 heteroatoms. The van der Waals surface area contributed by atoms with Crippen molar-refractivity contribution in [3.63, 3.8) is 0 Å². The average molecular weight is 299 g/mol. The highest BCUT2D eigenvalue weighted by Crippen LogP contribution is 2.12. The normalized spacial score (nSPS) is 10.9. The number of rotatable bonds is 7.